The lowest BCUT2D eigenvalue weighted by molar-refractivity contribution is 0.0300. The zero-order valence-corrected chi connectivity index (χ0v) is 15.1. The molecule has 0 atom stereocenters. The van der Waals surface area contributed by atoms with Crippen LogP contribution in [0.1, 0.15) is 21.7 Å². The second kappa shape index (κ2) is 7.13. The van der Waals surface area contributed by atoms with E-state index in [2.05, 4.69) is 0 Å². The summed E-state index contributed by atoms with van der Waals surface area (Å²) in [7, 11) is 0. The van der Waals surface area contributed by atoms with Crippen LogP contribution in [-0.2, 0) is 11.3 Å². The molecule has 0 aliphatic carbocycles. The van der Waals surface area contributed by atoms with Crippen LogP contribution in [0.25, 0.3) is 22.1 Å². The van der Waals surface area contributed by atoms with E-state index in [0.29, 0.717) is 38.6 Å². The summed E-state index contributed by atoms with van der Waals surface area (Å²) in [5.74, 6) is -0.0986. The lowest BCUT2D eigenvalue weighted by Gasteiger charge is -2.27. The Bertz CT molecular complexity index is 1010. The van der Waals surface area contributed by atoms with Crippen molar-refractivity contribution in [2.45, 2.75) is 13.5 Å². The fourth-order valence-corrected chi connectivity index (χ4v) is 3.45. The lowest BCUT2D eigenvalue weighted by atomic mass is 9.99. The number of ether oxygens (including phenoxy) is 1. The number of carbonyl (C=O) groups excluding carboxylic acids is 1. The summed E-state index contributed by atoms with van der Waals surface area (Å²) in [6.07, 6.45) is 0. The summed E-state index contributed by atoms with van der Waals surface area (Å²) in [6.45, 7) is 4.20. The number of aryl methyl sites for hydroxylation is 1. The number of fused-ring (bicyclic) bond motifs is 1. The van der Waals surface area contributed by atoms with Gasteiger partial charge in [-0.05, 0) is 53.9 Å². The predicted molar refractivity (Wildman–Crippen MR) is 101 cm³/mol. The number of nitrogens with two attached hydrogens (primary N) is 1. The molecule has 0 radical (unpaired) electrons. The van der Waals surface area contributed by atoms with Crippen LogP contribution in [0.5, 0.6) is 0 Å². The van der Waals surface area contributed by atoms with Crippen molar-refractivity contribution < 1.29 is 18.3 Å². The molecule has 0 bridgehead atoms. The molecule has 1 amide bonds. The number of amides is 1. The highest BCUT2D eigenvalue weighted by molar-refractivity contribution is 5.96. The van der Waals surface area contributed by atoms with Crippen LogP contribution in [0.4, 0.5) is 4.39 Å². The van der Waals surface area contributed by atoms with E-state index < -0.39 is 5.82 Å². The van der Waals surface area contributed by atoms with Crippen LogP contribution in [0, 0.1) is 12.7 Å². The maximum absolute atomic E-state index is 14.4. The topological polar surface area (TPSA) is 68.7 Å². The van der Waals surface area contributed by atoms with E-state index in [-0.39, 0.29) is 11.5 Å². The van der Waals surface area contributed by atoms with E-state index in [9.17, 15) is 9.18 Å². The van der Waals surface area contributed by atoms with E-state index >= 15 is 0 Å². The molecule has 0 spiro atoms. The summed E-state index contributed by atoms with van der Waals surface area (Å²) in [5, 5.41) is 0.941. The van der Waals surface area contributed by atoms with Crippen molar-refractivity contribution in [2.24, 2.45) is 5.73 Å². The number of morpholine rings is 1. The van der Waals surface area contributed by atoms with Crippen LogP contribution in [-0.4, -0.2) is 37.1 Å². The number of carbonyl (C=O) groups is 1. The van der Waals surface area contributed by atoms with Crippen LogP contribution in [0.2, 0.25) is 0 Å². The van der Waals surface area contributed by atoms with Gasteiger partial charge in [0.25, 0.3) is 5.91 Å². The molecule has 1 saturated heterocycles. The van der Waals surface area contributed by atoms with Crippen molar-refractivity contribution in [1.29, 1.82) is 0 Å². The Morgan fingerprint density at radius 2 is 1.93 bits per heavy atom. The molecule has 3 aromatic rings. The number of benzene rings is 2. The van der Waals surface area contributed by atoms with Gasteiger partial charge in [0.15, 0.2) is 0 Å². The number of hydrogen-bond acceptors (Lipinski definition) is 4. The van der Waals surface area contributed by atoms with Crippen LogP contribution in [0.3, 0.4) is 0 Å². The molecule has 5 nitrogen and oxygen atoms in total. The number of rotatable bonds is 3. The van der Waals surface area contributed by atoms with Crippen LogP contribution < -0.4 is 5.73 Å². The zero-order valence-electron chi connectivity index (χ0n) is 15.1. The van der Waals surface area contributed by atoms with Gasteiger partial charge in [0.2, 0.25) is 0 Å². The third kappa shape index (κ3) is 3.34. The first kappa shape index (κ1) is 17.7. The molecule has 6 heteroatoms. The summed E-state index contributed by atoms with van der Waals surface area (Å²) in [4.78, 5) is 14.4. The first-order valence-corrected chi connectivity index (χ1v) is 8.97. The fourth-order valence-electron chi connectivity index (χ4n) is 3.45. The van der Waals surface area contributed by atoms with Crippen molar-refractivity contribution in [3.8, 4) is 11.1 Å². The normalized spacial score (nSPS) is 14.7. The summed E-state index contributed by atoms with van der Waals surface area (Å²) >= 11 is 0. The number of hydrogen-bond donors (Lipinski definition) is 1. The van der Waals surface area contributed by atoms with Gasteiger partial charge in [0, 0.05) is 18.5 Å². The molecule has 2 heterocycles. The van der Waals surface area contributed by atoms with Crippen molar-refractivity contribution in [2.75, 3.05) is 26.3 Å². The molecule has 2 N–H and O–H groups in total. The predicted octanol–water partition coefficient (Wildman–Crippen LogP) is 3.48. The largest absolute Gasteiger partial charge is 0.459 e. The zero-order chi connectivity index (χ0) is 19.0. The highest BCUT2D eigenvalue weighted by Crippen LogP contribution is 2.31. The maximum atomic E-state index is 14.4. The third-order valence-corrected chi connectivity index (χ3v) is 4.88. The molecule has 1 aliphatic heterocycles. The number of furan rings is 1. The maximum Gasteiger partial charge on any atom is 0.257 e. The Labute approximate surface area is 156 Å². The molecular weight excluding hydrogens is 347 g/mol. The molecule has 1 aliphatic rings. The molecule has 1 aromatic heterocycles. The quantitative estimate of drug-likeness (QED) is 0.769. The minimum absolute atomic E-state index is 0.0852. The van der Waals surface area contributed by atoms with E-state index in [4.69, 9.17) is 14.9 Å². The standard InChI is InChI=1S/C21H21FN2O3/c1-13-8-15(9-16-10-17(12-23)27-20(13)16)14-2-3-19(22)18(11-14)21(25)24-4-6-26-7-5-24/h2-3,8-11H,4-7,12,23H2,1H3. The Morgan fingerprint density at radius 1 is 1.15 bits per heavy atom. The Kier molecular flexibility index (Phi) is 4.68. The van der Waals surface area contributed by atoms with Crippen molar-refractivity contribution >= 4 is 16.9 Å². The van der Waals surface area contributed by atoms with Gasteiger partial charge in [-0.2, -0.15) is 0 Å². The number of nitrogens with zero attached hydrogens (tertiary/aromatic N) is 1. The first-order valence-electron chi connectivity index (χ1n) is 8.97. The van der Waals surface area contributed by atoms with Crippen molar-refractivity contribution in [3.63, 3.8) is 0 Å². The lowest BCUT2D eigenvalue weighted by Crippen LogP contribution is -2.41. The molecule has 0 unspecified atom stereocenters. The highest BCUT2D eigenvalue weighted by atomic mass is 19.1. The molecule has 27 heavy (non-hydrogen) atoms. The average Bonchev–Trinajstić information content (AvgIpc) is 3.12. The molecule has 4 rings (SSSR count). The minimum Gasteiger partial charge on any atom is -0.459 e. The monoisotopic (exact) mass is 368 g/mol. The fraction of sp³-hybridized carbons (Fsp3) is 0.286. The second-order valence-electron chi connectivity index (χ2n) is 6.73. The van der Waals surface area contributed by atoms with Crippen molar-refractivity contribution in [1.82, 2.24) is 4.90 Å². The molecule has 140 valence electrons. The molecule has 0 saturated carbocycles. The summed E-state index contributed by atoms with van der Waals surface area (Å²) < 4.78 is 25.4. The molecule has 1 fully saturated rings. The van der Waals surface area contributed by atoms with Gasteiger partial charge in [0.1, 0.15) is 17.2 Å². The van der Waals surface area contributed by atoms with Gasteiger partial charge in [-0.1, -0.05) is 6.07 Å². The Hall–Kier alpha value is -2.70. The average molecular weight is 368 g/mol. The molecule has 2 aromatic carbocycles. The first-order chi connectivity index (χ1) is 13.1. The smallest absolute Gasteiger partial charge is 0.257 e. The van der Waals surface area contributed by atoms with Gasteiger partial charge >= 0.3 is 0 Å². The van der Waals surface area contributed by atoms with E-state index in [0.717, 1.165) is 27.7 Å². The SMILES string of the molecule is Cc1cc(-c2ccc(F)c(C(=O)N3CCOCC3)c2)cc2cc(CN)oc12. The minimum atomic E-state index is -0.512. The molecular formula is C21H21FN2O3. The van der Waals surface area contributed by atoms with Crippen LogP contribution >= 0.6 is 0 Å². The Balaban J connectivity index is 1.74. The number of halogens is 1. The summed E-state index contributed by atoms with van der Waals surface area (Å²) in [5.41, 5.74) is 9.20. The Morgan fingerprint density at radius 3 is 2.67 bits per heavy atom. The van der Waals surface area contributed by atoms with Crippen LogP contribution in [0.15, 0.2) is 40.8 Å². The second-order valence-corrected chi connectivity index (χ2v) is 6.73. The summed E-state index contributed by atoms with van der Waals surface area (Å²) in [6, 6.07) is 10.5. The van der Waals surface area contributed by atoms with Gasteiger partial charge < -0.3 is 19.8 Å². The van der Waals surface area contributed by atoms with Crippen molar-refractivity contribution in [3.05, 3.63) is 59.1 Å². The van der Waals surface area contributed by atoms with E-state index in [1.165, 1.54) is 6.07 Å². The third-order valence-electron chi connectivity index (χ3n) is 4.88. The van der Waals surface area contributed by atoms with Gasteiger partial charge in [0.05, 0.1) is 25.3 Å². The van der Waals surface area contributed by atoms with Gasteiger partial charge in [-0.3, -0.25) is 4.79 Å². The van der Waals surface area contributed by atoms with Gasteiger partial charge in [-0.25, -0.2) is 4.39 Å². The van der Waals surface area contributed by atoms with E-state index in [1.807, 2.05) is 25.1 Å². The highest BCUT2D eigenvalue weighted by Gasteiger charge is 2.22. The van der Waals surface area contributed by atoms with E-state index in [1.54, 1.807) is 17.0 Å². The van der Waals surface area contributed by atoms with Gasteiger partial charge in [-0.15, -0.1) is 0 Å².